The lowest BCUT2D eigenvalue weighted by Gasteiger charge is -2.36. The molecule has 0 aromatic carbocycles. The van der Waals surface area contributed by atoms with E-state index in [4.69, 9.17) is 10.2 Å². The average Bonchev–Trinajstić information content (AvgIpc) is 2.46. The lowest BCUT2D eigenvalue weighted by atomic mass is 10.00. The summed E-state index contributed by atoms with van der Waals surface area (Å²) in [5.41, 5.74) is 5.14. The highest BCUT2D eigenvalue weighted by Crippen LogP contribution is 2.17. The van der Waals surface area contributed by atoms with Crippen molar-refractivity contribution in [2.45, 2.75) is 6.54 Å². The molecule has 1 aromatic heterocycles. The number of nitrogens with zero attached hydrogens (tertiary/aromatic N) is 1. The summed E-state index contributed by atoms with van der Waals surface area (Å²) in [6, 6.07) is 3.79. The molecule has 1 aliphatic heterocycles. The first kappa shape index (κ1) is 11.1. The third kappa shape index (κ3) is 2.27. The Kier molecular flexibility index (Phi) is 3.55. The number of rotatable bonds is 3. The number of primary amides is 1. The summed E-state index contributed by atoms with van der Waals surface area (Å²) in [5, 5.41) is 0. The van der Waals surface area contributed by atoms with Gasteiger partial charge in [0.25, 0.3) is 0 Å². The maximum Gasteiger partial charge on any atom is 0.223 e. The van der Waals surface area contributed by atoms with E-state index in [2.05, 4.69) is 4.90 Å². The molecule has 1 aromatic rings. The number of amides is 1. The lowest BCUT2D eigenvalue weighted by molar-refractivity contribution is -0.127. The van der Waals surface area contributed by atoms with Gasteiger partial charge < -0.3 is 10.2 Å². The molecule has 78 valence electrons. The van der Waals surface area contributed by atoms with Crippen LogP contribution in [0, 0.1) is 5.92 Å². The van der Waals surface area contributed by atoms with Crippen LogP contribution in [-0.4, -0.2) is 23.9 Å². The van der Waals surface area contributed by atoms with E-state index in [1.807, 2.05) is 12.1 Å². The van der Waals surface area contributed by atoms with Crippen LogP contribution in [0.3, 0.4) is 0 Å². The molecule has 0 radical (unpaired) electrons. The van der Waals surface area contributed by atoms with Gasteiger partial charge in [-0.05, 0) is 12.1 Å². The molecule has 0 saturated carbocycles. The van der Waals surface area contributed by atoms with Gasteiger partial charge in [0.15, 0.2) is 0 Å². The molecule has 1 fully saturated rings. The van der Waals surface area contributed by atoms with E-state index in [0.29, 0.717) is 0 Å². The van der Waals surface area contributed by atoms with E-state index in [9.17, 15) is 4.79 Å². The van der Waals surface area contributed by atoms with Gasteiger partial charge in [-0.15, -0.1) is 12.4 Å². The van der Waals surface area contributed by atoms with Crippen molar-refractivity contribution < 1.29 is 9.21 Å². The normalized spacial score (nSPS) is 17.1. The molecular formula is C9H13ClN2O2. The third-order valence-electron chi connectivity index (χ3n) is 2.32. The van der Waals surface area contributed by atoms with Crippen molar-refractivity contribution >= 4 is 18.3 Å². The first-order valence-electron chi connectivity index (χ1n) is 4.30. The van der Waals surface area contributed by atoms with Gasteiger partial charge in [0.1, 0.15) is 5.76 Å². The van der Waals surface area contributed by atoms with Gasteiger partial charge in [0.05, 0.1) is 18.7 Å². The molecule has 5 heteroatoms. The number of nitrogens with two attached hydrogens (primary N) is 1. The fraction of sp³-hybridized carbons (Fsp3) is 0.444. The molecule has 4 nitrogen and oxygen atoms in total. The second-order valence-electron chi connectivity index (χ2n) is 3.37. The second-order valence-corrected chi connectivity index (χ2v) is 3.37. The summed E-state index contributed by atoms with van der Waals surface area (Å²) in [4.78, 5) is 12.8. The van der Waals surface area contributed by atoms with E-state index >= 15 is 0 Å². The Balaban J connectivity index is 0.000000980. The zero-order valence-electron chi connectivity index (χ0n) is 7.68. The smallest absolute Gasteiger partial charge is 0.223 e. The fourth-order valence-corrected chi connectivity index (χ4v) is 1.50. The minimum atomic E-state index is -0.198. The SMILES string of the molecule is Cl.NC(=O)C1CN(Cc2ccco2)C1. The summed E-state index contributed by atoms with van der Waals surface area (Å²) < 4.78 is 5.18. The Morgan fingerprint density at radius 3 is 2.86 bits per heavy atom. The van der Waals surface area contributed by atoms with Crippen molar-refractivity contribution in [3.8, 4) is 0 Å². The number of hydrogen-bond acceptors (Lipinski definition) is 3. The third-order valence-corrected chi connectivity index (χ3v) is 2.32. The summed E-state index contributed by atoms with van der Waals surface area (Å²) in [6.07, 6.45) is 1.65. The van der Waals surface area contributed by atoms with E-state index in [-0.39, 0.29) is 24.2 Å². The monoisotopic (exact) mass is 216 g/mol. The first-order chi connectivity index (χ1) is 6.25. The number of furan rings is 1. The number of carbonyl (C=O) groups is 1. The van der Waals surface area contributed by atoms with E-state index in [1.165, 1.54) is 0 Å². The maximum absolute atomic E-state index is 10.7. The molecule has 0 spiro atoms. The topological polar surface area (TPSA) is 59.5 Å². The Morgan fingerprint density at radius 2 is 2.36 bits per heavy atom. The number of halogens is 1. The lowest BCUT2D eigenvalue weighted by Crippen LogP contribution is -2.51. The highest BCUT2D eigenvalue weighted by atomic mass is 35.5. The van der Waals surface area contributed by atoms with Crippen molar-refractivity contribution in [3.05, 3.63) is 24.2 Å². The van der Waals surface area contributed by atoms with Crippen LogP contribution < -0.4 is 5.73 Å². The van der Waals surface area contributed by atoms with E-state index < -0.39 is 0 Å². The van der Waals surface area contributed by atoms with Crippen molar-refractivity contribution in [2.24, 2.45) is 11.7 Å². The molecule has 2 heterocycles. The minimum Gasteiger partial charge on any atom is -0.468 e. The zero-order chi connectivity index (χ0) is 9.26. The fourth-order valence-electron chi connectivity index (χ4n) is 1.50. The van der Waals surface area contributed by atoms with Crippen molar-refractivity contribution in [1.29, 1.82) is 0 Å². The molecule has 0 aliphatic carbocycles. The van der Waals surface area contributed by atoms with Gasteiger partial charge in [0.2, 0.25) is 5.91 Å². The largest absolute Gasteiger partial charge is 0.468 e. The number of carbonyl (C=O) groups excluding carboxylic acids is 1. The average molecular weight is 217 g/mol. The predicted molar refractivity (Wildman–Crippen MR) is 53.9 cm³/mol. The zero-order valence-corrected chi connectivity index (χ0v) is 8.50. The maximum atomic E-state index is 10.7. The summed E-state index contributed by atoms with van der Waals surface area (Å²) in [7, 11) is 0. The molecule has 1 aliphatic rings. The highest BCUT2D eigenvalue weighted by Gasteiger charge is 2.31. The van der Waals surface area contributed by atoms with Crippen molar-refractivity contribution in [2.75, 3.05) is 13.1 Å². The molecular weight excluding hydrogens is 204 g/mol. The van der Waals surface area contributed by atoms with Crippen LogP contribution >= 0.6 is 12.4 Å². The molecule has 14 heavy (non-hydrogen) atoms. The predicted octanol–water partition coefficient (Wildman–Crippen LogP) is 0.618. The van der Waals surface area contributed by atoms with Gasteiger partial charge in [-0.3, -0.25) is 9.69 Å². The van der Waals surface area contributed by atoms with Crippen LogP contribution in [-0.2, 0) is 11.3 Å². The van der Waals surface area contributed by atoms with Gasteiger partial charge in [-0.25, -0.2) is 0 Å². The summed E-state index contributed by atoms with van der Waals surface area (Å²) >= 11 is 0. The molecule has 2 N–H and O–H groups in total. The van der Waals surface area contributed by atoms with Crippen LogP contribution in [0.5, 0.6) is 0 Å². The first-order valence-corrected chi connectivity index (χ1v) is 4.30. The van der Waals surface area contributed by atoms with Crippen molar-refractivity contribution in [3.63, 3.8) is 0 Å². The van der Waals surface area contributed by atoms with Crippen LogP contribution in [0.15, 0.2) is 22.8 Å². The number of hydrogen-bond donors (Lipinski definition) is 1. The highest BCUT2D eigenvalue weighted by molar-refractivity contribution is 5.85. The minimum absolute atomic E-state index is 0. The Hall–Kier alpha value is -1.00. The van der Waals surface area contributed by atoms with Gasteiger partial charge in [0, 0.05) is 13.1 Å². The molecule has 1 saturated heterocycles. The summed E-state index contributed by atoms with van der Waals surface area (Å²) in [6.45, 7) is 2.29. The molecule has 0 atom stereocenters. The van der Waals surface area contributed by atoms with E-state index in [0.717, 1.165) is 25.4 Å². The number of likely N-dealkylation sites (tertiary alicyclic amines) is 1. The van der Waals surface area contributed by atoms with Crippen LogP contribution in [0.4, 0.5) is 0 Å². The Labute approximate surface area is 88.5 Å². The van der Waals surface area contributed by atoms with Gasteiger partial charge in [-0.1, -0.05) is 0 Å². The molecule has 0 unspecified atom stereocenters. The standard InChI is InChI=1S/C9H12N2O2.ClH/c10-9(12)7-4-11(5-7)6-8-2-1-3-13-8;/h1-3,7H,4-6H2,(H2,10,12);1H. The van der Waals surface area contributed by atoms with E-state index in [1.54, 1.807) is 6.26 Å². The molecule has 2 rings (SSSR count). The second kappa shape index (κ2) is 4.48. The van der Waals surface area contributed by atoms with Crippen LogP contribution in [0.2, 0.25) is 0 Å². The Bertz CT molecular complexity index is 294. The van der Waals surface area contributed by atoms with Crippen molar-refractivity contribution in [1.82, 2.24) is 4.90 Å². The van der Waals surface area contributed by atoms with Gasteiger partial charge in [-0.2, -0.15) is 0 Å². The van der Waals surface area contributed by atoms with Crippen LogP contribution in [0.1, 0.15) is 5.76 Å². The quantitative estimate of drug-likeness (QED) is 0.806. The van der Waals surface area contributed by atoms with Crippen LogP contribution in [0.25, 0.3) is 0 Å². The molecule has 1 amide bonds. The Morgan fingerprint density at radius 1 is 1.64 bits per heavy atom. The van der Waals surface area contributed by atoms with Gasteiger partial charge >= 0.3 is 0 Å². The molecule has 0 bridgehead atoms. The summed E-state index contributed by atoms with van der Waals surface area (Å²) in [5.74, 6) is 0.772.